The molecule has 140 valence electrons. The molecule has 0 aliphatic carbocycles. The van der Waals surface area contributed by atoms with Crippen LogP contribution in [0.15, 0.2) is 24.3 Å². The maximum atomic E-state index is 12.4. The molecule has 1 N–H and O–H groups in total. The average molecular weight is 367 g/mol. The van der Waals surface area contributed by atoms with Crippen LogP contribution in [0.5, 0.6) is 5.75 Å². The van der Waals surface area contributed by atoms with Crippen LogP contribution in [-0.2, 0) is 4.79 Å². The first-order valence-electron chi connectivity index (χ1n) is 9.21. The Kier molecular flexibility index (Phi) is 7.14. The third-order valence-electron chi connectivity index (χ3n) is 4.61. The van der Waals surface area contributed by atoms with Gasteiger partial charge in [0.15, 0.2) is 5.60 Å². The standard InChI is InChI=1S/C20H31ClN2O2/c1-15-12-16(2)14-23(13-15)11-5-10-22-19(24)20(3,4)25-18-8-6-17(21)7-9-18/h6-9,15-16H,5,10-14H2,1-4H3,(H,22,24)/t15-,16-/m0/s1. The Morgan fingerprint density at radius 1 is 1.24 bits per heavy atom. The first-order valence-corrected chi connectivity index (χ1v) is 9.59. The highest BCUT2D eigenvalue weighted by atomic mass is 35.5. The normalized spacial score (nSPS) is 21.8. The maximum absolute atomic E-state index is 12.4. The number of carbonyl (C=O) groups excluding carboxylic acids is 1. The van der Waals surface area contributed by atoms with Gasteiger partial charge >= 0.3 is 0 Å². The third-order valence-corrected chi connectivity index (χ3v) is 4.87. The molecule has 2 rings (SSSR count). The van der Waals surface area contributed by atoms with E-state index in [2.05, 4.69) is 24.1 Å². The van der Waals surface area contributed by atoms with E-state index in [9.17, 15) is 4.79 Å². The highest BCUT2D eigenvalue weighted by molar-refractivity contribution is 6.30. The zero-order valence-electron chi connectivity index (χ0n) is 15.8. The van der Waals surface area contributed by atoms with Crippen molar-refractivity contribution in [1.29, 1.82) is 0 Å². The Morgan fingerprint density at radius 2 is 1.84 bits per heavy atom. The van der Waals surface area contributed by atoms with E-state index in [-0.39, 0.29) is 5.91 Å². The van der Waals surface area contributed by atoms with Crippen LogP contribution in [0.25, 0.3) is 0 Å². The summed E-state index contributed by atoms with van der Waals surface area (Å²) in [6.07, 6.45) is 2.28. The number of carbonyl (C=O) groups is 1. The SMILES string of the molecule is C[C@H]1C[C@H](C)CN(CCCNC(=O)C(C)(C)Oc2ccc(Cl)cc2)C1. The smallest absolute Gasteiger partial charge is 0.263 e. The van der Waals surface area contributed by atoms with Crippen LogP contribution in [0.3, 0.4) is 0 Å². The van der Waals surface area contributed by atoms with Crippen LogP contribution in [-0.4, -0.2) is 42.6 Å². The molecule has 0 radical (unpaired) electrons. The van der Waals surface area contributed by atoms with E-state index < -0.39 is 5.60 Å². The van der Waals surface area contributed by atoms with Gasteiger partial charge in [-0.15, -0.1) is 0 Å². The van der Waals surface area contributed by atoms with Gasteiger partial charge in [0.1, 0.15) is 5.75 Å². The topological polar surface area (TPSA) is 41.6 Å². The molecule has 2 atom stereocenters. The largest absolute Gasteiger partial charge is 0.478 e. The molecule has 5 heteroatoms. The molecule has 1 amide bonds. The average Bonchev–Trinajstić information content (AvgIpc) is 2.52. The molecule has 25 heavy (non-hydrogen) atoms. The van der Waals surface area contributed by atoms with E-state index >= 15 is 0 Å². The number of nitrogens with zero attached hydrogens (tertiary/aromatic N) is 1. The molecule has 1 saturated heterocycles. The number of piperidine rings is 1. The minimum Gasteiger partial charge on any atom is -0.478 e. The number of likely N-dealkylation sites (tertiary alicyclic amines) is 1. The lowest BCUT2D eigenvalue weighted by molar-refractivity contribution is -0.134. The quantitative estimate of drug-likeness (QED) is 0.742. The Morgan fingerprint density at radius 3 is 2.44 bits per heavy atom. The van der Waals surface area contributed by atoms with E-state index in [0.717, 1.165) is 24.8 Å². The Labute approximate surface area is 156 Å². The van der Waals surface area contributed by atoms with Gasteiger partial charge in [0, 0.05) is 24.7 Å². The molecule has 0 spiro atoms. The molecule has 4 nitrogen and oxygen atoms in total. The summed E-state index contributed by atoms with van der Waals surface area (Å²) in [5.74, 6) is 2.08. The van der Waals surface area contributed by atoms with Gasteiger partial charge in [0.05, 0.1) is 0 Å². The summed E-state index contributed by atoms with van der Waals surface area (Å²) in [5, 5.41) is 3.65. The number of rotatable bonds is 7. The third kappa shape index (κ3) is 6.52. The van der Waals surface area contributed by atoms with E-state index in [1.165, 1.54) is 19.5 Å². The molecule has 0 aromatic heterocycles. The lowest BCUT2D eigenvalue weighted by atomic mass is 9.92. The number of hydrogen-bond acceptors (Lipinski definition) is 3. The van der Waals surface area contributed by atoms with Gasteiger partial charge in [-0.3, -0.25) is 4.79 Å². The molecule has 1 aliphatic heterocycles. The highest BCUT2D eigenvalue weighted by Gasteiger charge is 2.29. The first kappa shape index (κ1) is 20.1. The molecule has 1 aliphatic rings. The van der Waals surface area contributed by atoms with Gasteiger partial charge in [0.25, 0.3) is 5.91 Å². The summed E-state index contributed by atoms with van der Waals surface area (Å²) in [7, 11) is 0. The fourth-order valence-electron chi connectivity index (χ4n) is 3.54. The summed E-state index contributed by atoms with van der Waals surface area (Å²) < 4.78 is 5.81. The minimum absolute atomic E-state index is 0.0946. The second-order valence-electron chi connectivity index (χ2n) is 7.88. The summed E-state index contributed by atoms with van der Waals surface area (Å²) in [4.78, 5) is 14.9. The molecule has 0 unspecified atom stereocenters. The second-order valence-corrected chi connectivity index (χ2v) is 8.32. The van der Waals surface area contributed by atoms with Crippen LogP contribution < -0.4 is 10.1 Å². The number of hydrogen-bond donors (Lipinski definition) is 1. The van der Waals surface area contributed by atoms with E-state index in [0.29, 0.717) is 17.3 Å². The molecule has 0 bridgehead atoms. The van der Waals surface area contributed by atoms with E-state index in [1.807, 2.05) is 0 Å². The van der Waals surface area contributed by atoms with Crippen molar-refractivity contribution in [1.82, 2.24) is 10.2 Å². The molecule has 0 saturated carbocycles. The highest BCUT2D eigenvalue weighted by Crippen LogP contribution is 2.22. The second kappa shape index (κ2) is 8.91. The summed E-state index contributed by atoms with van der Waals surface area (Å²) in [5.41, 5.74) is -0.915. The first-order chi connectivity index (χ1) is 11.8. The molecular formula is C20H31ClN2O2. The molecule has 1 aromatic rings. The number of ether oxygens (including phenoxy) is 1. The lowest BCUT2D eigenvalue weighted by Crippen LogP contribution is -2.47. The number of nitrogens with one attached hydrogen (secondary N) is 1. The molecule has 1 heterocycles. The van der Waals surface area contributed by atoms with Gasteiger partial charge in [-0.25, -0.2) is 0 Å². The van der Waals surface area contributed by atoms with Crippen LogP contribution in [0, 0.1) is 11.8 Å². The summed E-state index contributed by atoms with van der Waals surface area (Å²) >= 11 is 5.87. The fraction of sp³-hybridized carbons (Fsp3) is 0.650. The zero-order valence-corrected chi connectivity index (χ0v) is 16.6. The monoisotopic (exact) mass is 366 g/mol. The predicted octanol–water partition coefficient (Wildman–Crippen LogP) is 3.98. The van der Waals surface area contributed by atoms with Crippen LogP contribution in [0.2, 0.25) is 5.02 Å². The van der Waals surface area contributed by atoms with Crippen molar-refractivity contribution in [3.8, 4) is 5.75 Å². The molecule has 1 fully saturated rings. The van der Waals surface area contributed by atoms with Crippen molar-refractivity contribution in [2.24, 2.45) is 11.8 Å². The number of benzene rings is 1. The van der Waals surface area contributed by atoms with Crippen LogP contribution in [0.1, 0.15) is 40.5 Å². The van der Waals surface area contributed by atoms with Gasteiger partial charge < -0.3 is 15.0 Å². The lowest BCUT2D eigenvalue weighted by Gasteiger charge is -2.35. The Balaban J connectivity index is 1.72. The minimum atomic E-state index is -0.915. The molecular weight excluding hydrogens is 336 g/mol. The zero-order chi connectivity index (χ0) is 18.4. The predicted molar refractivity (Wildman–Crippen MR) is 103 cm³/mol. The fourth-order valence-corrected chi connectivity index (χ4v) is 3.66. The molecule has 1 aromatic carbocycles. The summed E-state index contributed by atoms with van der Waals surface area (Å²) in [6.45, 7) is 12.3. The Bertz CT molecular complexity index is 549. The van der Waals surface area contributed by atoms with Gasteiger partial charge in [-0.1, -0.05) is 25.4 Å². The van der Waals surface area contributed by atoms with Crippen molar-refractivity contribution in [2.45, 2.75) is 46.1 Å². The van der Waals surface area contributed by atoms with E-state index in [4.69, 9.17) is 16.3 Å². The number of halogens is 1. The van der Waals surface area contributed by atoms with Crippen molar-refractivity contribution >= 4 is 17.5 Å². The van der Waals surface area contributed by atoms with Crippen molar-refractivity contribution in [3.63, 3.8) is 0 Å². The Hall–Kier alpha value is -1.26. The maximum Gasteiger partial charge on any atom is 0.263 e. The van der Waals surface area contributed by atoms with Gasteiger partial charge in [-0.05, 0) is 69.3 Å². The van der Waals surface area contributed by atoms with Crippen LogP contribution in [0.4, 0.5) is 0 Å². The number of amides is 1. The van der Waals surface area contributed by atoms with Gasteiger partial charge in [0.2, 0.25) is 0 Å². The van der Waals surface area contributed by atoms with Crippen molar-refractivity contribution in [3.05, 3.63) is 29.3 Å². The van der Waals surface area contributed by atoms with Crippen molar-refractivity contribution < 1.29 is 9.53 Å². The van der Waals surface area contributed by atoms with Crippen LogP contribution >= 0.6 is 11.6 Å². The summed E-state index contributed by atoms with van der Waals surface area (Å²) in [6, 6.07) is 7.06. The van der Waals surface area contributed by atoms with E-state index in [1.54, 1.807) is 38.1 Å². The van der Waals surface area contributed by atoms with Crippen molar-refractivity contribution in [2.75, 3.05) is 26.2 Å². The van der Waals surface area contributed by atoms with Gasteiger partial charge in [-0.2, -0.15) is 0 Å².